The fourth-order valence-corrected chi connectivity index (χ4v) is 3.59. The Morgan fingerprint density at radius 2 is 1.88 bits per heavy atom. The molecule has 1 aromatic heterocycles. The molecule has 33 heavy (non-hydrogen) atoms. The molecule has 0 saturated carbocycles. The highest BCUT2D eigenvalue weighted by Gasteiger charge is 2.19. The SMILES string of the molecule is C[C@@H](CO)NC(=O)c1cc(-c2ccc(N3CCOCC3)cc2)nn(-c2cccc(F)c2)c1=O. The van der Waals surface area contributed by atoms with Crippen molar-refractivity contribution in [2.45, 2.75) is 13.0 Å². The smallest absolute Gasteiger partial charge is 0.284 e. The molecule has 0 bridgehead atoms. The summed E-state index contributed by atoms with van der Waals surface area (Å²) in [5.74, 6) is -1.17. The highest BCUT2D eigenvalue weighted by Crippen LogP contribution is 2.23. The van der Waals surface area contributed by atoms with E-state index in [0.29, 0.717) is 24.5 Å². The second-order valence-electron chi connectivity index (χ2n) is 7.84. The van der Waals surface area contributed by atoms with Crippen LogP contribution in [0.2, 0.25) is 0 Å². The van der Waals surface area contributed by atoms with Crippen LogP contribution in [0.4, 0.5) is 10.1 Å². The van der Waals surface area contributed by atoms with Crippen LogP contribution in [0.1, 0.15) is 17.3 Å². The third kappa shape index (κ3) is 5.10. The Morgan fingerprint density at radius 3 is 2.55 bits per heavy atom. The summed E-state index contributed by atoms with van der Waals surface area (Å²) in [5.41, 5.74) is 1.49. The summed E-state index contributed by atoms with van der Waals surface area (Å²) < 4.78 is 20.3. The zero-order chi connectivity index (χ0) is 23.4. The molecule has 0 spiro atoms. The summed E-state index contributed by atoms with van der Waals surface area (Å²) in [4.78, 5) is 28.1. The van der Waals surface area contributed by atoms with Crippen molar-refractivity contribution in [3.63, 3.8) is 0 Å². The molecule has 1 atom stereocenters. The Labute approximate surface area is 190 Å². The maximum absolute atomic E-state index is 13.8. The maximum atomic E-state index is 13.8. The van der Waals surface area contributed by atoms with Gasteiger partial charge in [-0.15, -0.1) is 0 Å². The van der Waals surface area contributed by atoms with E-state index in [-0.39, 0.29) is 17.9 Å². The number of aliphatic hydroxyl groups excluding tert-OH is 1. The number of rotatable bonds is 6. The zero-order valence-electron chi connectivity index (χ0n) is 18.2. The first-order valence-corrected chi connectivity index (χ1v) is 10.7. The summed E-state index contributed by atoms with van der Waals surface area (Å²) in [6.07, 6.45) is 0. The molecular weight excluding hydrogens is 427 g/mol. The molecule has 2 aromatic carbocycles. The number of carbonyl (C=O) groups excluding carboxylic acids is 1. The van der Waals surface area contributed by atoms with E-state index in [0.717, 1.165) is 23.5 Å². The fraction of sp³-hybridized carbons (Fsp3) is 0.292. The van der Waals surface area contributed by atoms with Crippen LogP contribution in [0.5, 0.6) is 0 Å². The average Bonchev–Trinajstić information content (AvgIpc) is 2.84. The molecule has 0 unspecified atom stereocenters. The minimum atomic E-state index is -0.683. The zero-order valence-corrected chi connectivity index (χ0v) is 18.2. The Balaban J connectivity index is 1.77. The minimum Gasteiger partial charge on any atom is -0.394 e. The van der Waals surface area contributed by atoms with E-state index in [2.05, 4.69) is 15.3 Å². The van der Waals surface area contributed by atoms with Gasteiger partial charge in [-0.25, -0.2) is 4.39 Å². The van der Waals surface area contributed by atoms with Crippen LogP contribution in [0.25, 0.3) is 16.9 Å². The molecule has 1 amide bonds. The number of aliphatic hydroxyl groups is 1. The Morgan fingerprint density at radius 1 is 1.15 bits per heavy atom. The van der Waals surface area contributed by atoms with Crippen molar-refractivity contribution >= 4 is 11.6 Å². The van der Waals surface area contributed by atoms with E-state index >= 15 is 0 Å². The van der Waals surface area contributed by atoms with Gasteiger partial charge >= 0.3 is 0 Å². The molecule has 4 rings (SSSR count). The summed E-state index contributed by atoms with van der Waals surface area (Å²) in [5, 5.41) is 16.3. The second kappa shape index (κ2) is 9.93. The van der Waals surface area contributed by atoms with Gasteiger partial charge in [-0.2, -0.15) is 9.78 Å². The molecule has 1 aliphatic rings. The molecule has 0 radical (unpaired) electrons. The van der Waals surface area contributed by atoms with Gasteiger partial charge in [0.15, 0.2) is 0 Å². The monoisotopic (exact) mass is 452 g/mol. The number of hydrogen-bond donors (Lipinski definition) is 2. The molecule has 1 fully saturated rings. The van der Waals surface area contributed by atoms with Gasteiger partial charge in [-0.05, 0) is 43.3 Å². The molecular formula is C24H25FN4O4. The van der Waals surface area contributed by atoms with E-state index in [9.17, 15) is 19.1 Å². The number of carbonyl (C=O) groups is 1. The lowest BCUT2D eigenvalue weighted by Gasteiger charge is -2.28. The van der Waals surface area contributed by atoms with Crippen molar-refractivity contribution in [2.24, 2.45) is 0 Å². The number of morpholine rings is 1. The van der Waals surface area contributed by atoms with Crippen LogP contribution in [0, 0.1) is 5.82 Å². The number of benzene rings is 2. The summed E-state index contributed by atoms with van der Waals surface area (Å²) in [6, 6.07) is 14.0. The highest BCUT2D eigenvalue weighted by molar-refractivity contribution is 5.95. The lowest BCUT2D eigenvalue weighted by atomic mass is 10.1. The van der Waals surface area contributed by atoms with Crippen LogP contribution in [-0.4, -0.2) is 59.7 Å². The van der Waals surface area contributed by atoms with Gasteiger partial charge in [-0.3, -0.25) is 9.59 Å². The number of amides is 1. The van der Waals surface area contributed by atoms with Crippen molar-refractivity contribution < 1.29 is 19.0 Å². The van der Waals surface area contributed by atoms with Crippen LogP contribution in [0.3, 0.4) is 0 Å². The molecule has 1 saturated heterocycles. The Hall–Kier alpha value is -3.56. The van der Waals surface area contributed by atoms with Crippen molar-refractivity contribution in [1.29, 1.82) is 0 Å². The first kappa shape index (κ1) is 22.6. The van der Waals surface area contributed by atoms with E-state index < -0.39 is 23.3 Å². The molecule has 0 aliphatic carbocycles. The fourth-order valence-electron chi connectivity index (χ4n) is 3.59. The summed E-state index contributed by atoms with van der Waals surface area (Å²) >= 11 is 0. The summed E-state index contributed by atoms with van der Waals surface area (Å²) in [6.45, 7) is 4.30. The number of aromatic nitrogens is 2. The van der Waals surface area contributed by atoms with Gasteiger partial charge in [0.2, 0.25) is 0 Å². The van der Waals surface area contributed by atoms with Gasteiger partial charge in [0.1, 0.15) is 11.4 Å². The van der Waals surface area contributed by atoms with Crippen LogP contribution in [-0.2, 0) is 4.74 Å². The molecule has 2 heterocycles. The van der Waals surface area contributed by atoms with Crippen LogP contribution in [0.15, 0.2) is 59.4 Å². The predicted octanol–water partition coefficient (Wildman–Crippen LogP) is 1.99. The largest absolute Gasteiger partial charge is 0.394 e. The average molecular weight is 452 g/mol. The topological polar surface area (TPSA) is 96.7 Å². The van der Waals surface area contributed by atoms with Crippen LogP contribution >= 0.6 is 0 Å². The lowest BCUT2D eigenvalue weighted by molar-refractivity contribution is 0.0920. The number of nitrogens with zero attached hydrogens (tertiary/aromatic N) is 3. The second-order valence-corrected chi connectivity index (χ2v) is 7.84. The highest BCUT2D eigenvalue weighted by atomic mass is 19.1. The van der Waals surface area contributed by atoms with Gasteiger partial charge < -0.3 is 20.1 Å². The number of halogens is 1. The van der Waals surface area contributed by atoms with Gasteiger partial charge in [0.05, 0.1) is 31.2 Å². The number of nitrogens with one attached hydrogen (secondary N) is 1. The first-order chi connectivity index (χ1) is 16.0. The molecule has 3 aromatic rings. The third-order valence-corrected chi connectivity index (χ3v) is 5.40. The standard InChI is InChI=1S/C24H25FN4O4/c1-16(15-30)26-23(31)21-14-22(27-29(24(21)32)20-4-2-3-18(25)13-20)17-5-7-19(8-6-17)28-9-11-33-12-10-28/h2-8,13-14,16,30H,9-12,15H2,1H3,(H,26,31)/t16-/m0/s1. The van der Waals surface area contributed by atoms with E-state index in [1.54, 1.807) is 13.0 Å². The Kier molecular flexibility index (Phi) is 6.81. The molecule has 8 nitrogen and oxygen atoms in total. The number of hydrogen-bond acceptors (Lipinski definition) is 6. The molecule has 172 valence electrons. The van der Waals surface area contributed by atoms with Gasteiger partial charge in [0, 0.05) is 30.4 Å². The van der Waals surface area contributed by atoms with Crippen molar-refractivity contribution in [2.75, 3.05) is 37.8 Å². The van der Waals surface area contributed by atoms with E-state index in [1.165, 1.54) is 24.3 Å². The lowest BCUT2D eigenvalue weighted by Crippen LogP contribution is -2.39. The quantitative estimate of drug-likeness (QED) is 0.594. The first-order valence-electron chi connectivity index (χ1n) is 10.7. The molecule has 1 aliphatic heterocycles. The maximum Gasteiger partial charge on any atom is 0.284 e. The van der Waals surface area contributed by atoms with Crippen molar-refractivity contribution in [1.82, 2.24) is 15.1 Å². The minimum absolute atomic E-state index is 0.151. The third-order valence-electron chi connectivity index (χ3n) is 5.40. The molecule has 9 heteroatoms. The molecule has 2 N–H and O–H groups in total. The van der Waals surface area contributed by atoms with Crippen molar-refractivity contribution in [3.05, 3.63) is 76.3 Å². The number of anilines is 1. The Bertz CT molecular complexity index is 1190. The normalized spacial score (nSPS) is 14.7. The van der Waals surface area contributed by atoms with Gasteiger partial charge in [-0.1, -0.05) is 18.2 Å². The van der Waals surface area contributed by atoms with Crippen LogP contribution < -0.4 is 15.8 Å². The number of ether oxygens (including phenoxy) is 1. The summed E-state index contributed by atoms with van der Waals surface area (Å²) in [7, 11) is 0. The van der Waals surface area contributed by atoms with Gasteiger partial charge in [0.25, 0.3) is 11.5 Å². The van der Waals surface area contributed by atoms with E-state index in [4.69, 9.17) is 4.74 Å². The predicted molar refractivity (Wildman–Crippen MR) is 122 cm³/mol. The van der Waals surface area contributed by atoms with Crippen molar-refractivity contribution in [3.8, 4) is 16.9 Å². The van der Waals surface area contributed by atoms with E-state index in [1.807, 2.05) is 24.3 Å².